The number of rotatable bonds is 2. The predicted octanol–water partition coefficient (Wildman–Crippen LogP) is 2.04. The number of hydrogen-bond acceptors (Lipinski definition) is 4. The van der Waals surface area contributed by atoms with Gasteiger partial charge in [-0.1, -0.05) is 12.1 Å². The first-order chi connectivity index (χ1) is 11.9. The normalized spacial score (nSPS) is 16.4. The van der Waals surface area contributed by atoms with Gasteiger partial charge in [0.05, 0.1) is 17.1 Å². The van der Waals surface area contributed by atoms with Gasteiger partial charge in [0.1, 0.15) is 5.82 Å². The smallest absolute Gasteiger partial charge is 0.243 e. The first kappa shape index (κ1) is 17.2. The lowest BCUT2D eigenvalue weighted by Crippen LogP contribution is -2.37. The minimum absolute atomic E-state index is 0.0952. The first-order valence-electron chi connectivity index (χ1n) is 7.56. The molecule has 0 bridgehead atoms. The summed E-state index contributed by atoms with van der Waals surface area (Å²) in [5.74, 6) is -1.38. The van der Waals surface area contributed by atoms with Crippen molar-refractivity contribution in [1.29, 1.82) is 0 Å². The Morgan fingerprint density at radius 1 is 1.00 bits per heavy atom. The molecule has 1 aliphatic rings. The van der Waals surface area contributed by atoms with Gasteiger partial charge in [0.25, 0.3) is 0 Å². The number of sulfonamides is 1. The Hall–Kier alpha value is -2.58. The van der Waals surface area contributed by atoms with Crippen LogP contribution in [0.15, 0.2) is 53.4 Å². The molecule has 0 fully saturated rings. The number of halogens is 1. The van der Waals surface area contributed by atoms with E-state index in [4.69, 9.17) is 0 Å². The van der Waals surface area contributed by atoms with E-state index in [0.717, 1.165) is 28.6 Å². The monoisotopic (exact) mass is 362 g/mol. The lowest BCUT2D eigenvalue weighted by atomic mass is 10.1. The minimum Gasteiger partial charge on any atom is -0.325 e. The Kier molecular flexibility index (Phi) is 4.65. The van der Waals surface area contributed by atoms with Gasteiger partial charge in [-0.2, -0.15) is 4.31 Å². The zero-order chi connectivity index (χ0) is 18.0. The van der Waals surface area contributed by atoms with Crippen LogP contribution in [0.25, 0.3) is 0 Å². The van der Waals surface area contributed by atoms with Crippen molar-refractivity contribution in [2.45, 2.75) is 11.3 Å². The van der Waals surface area contributed by atoms with Crippen molar-refractivity contribution in [2.75, 3.05) is 18.4 Å². The molecule has 0 aromatic heterocycles. The van der Waals surface area contributed by atoms with Crippen LogP contribution in [-0.4, -0.2) is 37.5 Å². The Morgan fingerprint density at radius 2 is 1.68 bits per heavy atom. The van der Waals surface area contributed by atoms with Gasteiger partial charge in [-0.05, 0) is 36.4 Å². The third-order valence-corrected chi connectivity index (χ3v) is 5.72. The topological polar surface area (TPSA) is 83.6 Å². The molecule has 1 amide bonds. The number of anilines is 1. The number of carbonyl (C=O) groups excluding carboxylic acids is 2. The van der Waals surface area contributed by atoms with Crippen LogP contribution >= 0.6 is 0 Å². The van der Waals surface area contributed by atoms with Crippen LogP contribution < -0.4 is 5.32 Å². The fourth-order valence-corrected chi connectivity index (χ4v) is 3.96. The van der Waals surface area contributed by atoms with Gasteiger partial charge in [-0.25, -0.2) is 12.8 Å². The highest BCUT2D eigenvalue weighted by atomic mass is 32.2. The largest absolute Gasteiger partial charge is 0.325 e. The molecule has 3 rings (SSSR count). The lowest BCUT2D eigenvalue weighted by molar-refractivity contribution is -0.116. The number of fused-ring (bicyclic) bond motifs is 1. The van der Waals surface area contributed by atoms with E-state index in [2.05, 4.69) is 5.32 Å². The Bertz CT molecular complexity index is 926. The maximum Gasteiger partial charge on any atom is 0.243 e. The second-order valence-corrected chi connectivity index (χ2v) is 7.50. The fraction of sp³-hybridized carbons (Fsp3) is 0.176. The number of ketones is 1. The molecule has 2 aromatic rings. The summed E-state index contributed by atoms with van der Waals surface area (Å²) < 4.78 is 39.5. The maximum absolute atomic E-state index is 13.1. The van der Waals surface area contributed by atoms with E-state index in [1.165, 1.54) is 6.07 Å². The van der Waals surface area contributed by atoms with Gasteiger partial charge in [0.2, 0.25) is 15.9 Å². The summed E-state index contributed by atoms with van der Waals surface area (Å²) >= 11 is 0. The number of amides is 1. The lowest BCUT2D eigenvalue weighted by Gasteiger charge is -2.20. The van der Waals surface area contributed by atoms with E-state index in [0.29, 0.717) is 5.69 Å². The third-order valence-electron chi connectivity index (χ3n) is 3.86. The molecule has 0 saturated carbocycles. The molecule has 0 atom stereocenters. The van der Waals surface area contributed by atoms with Crippen LogP contribution in [0.1, 0.15) is 16.8 Å². The summed E-state index contributed by atoms with van der Waals surface area (Å²) in [6.45, 7) is -0.545. The fourth-order valence-electron chi connectivity index (χ4n) is 2.56. The standard InChI is InChI=1S/C17H15FN2O4S/c18-12-5-7-13(8-6-12)25(23,24)20-10-9-17(22)19-15-4-2-1-3-14(15)16(21)11-20/h1-8H,9-11H2,(H,19,22). The van der Waals surface area contributed by atoms with Crippen molar-refractivity contribution in [3.05, 3.63) is 59.9 Å². The van der Waals surface area contributed by atoms with E-state index in [9.17, 15) is 22.4 Å². The first-order valence-corrected chi connectivity index (χ1v) is 9.00. The van der Waals surface area contributed by atoms with Crippen molar-refractivity contribution < 1.29 is 22.4 Å². The number of nitrogens with one attached hydrogen (secondary N) is 1. The highest BCUT2D eigenvalue weighted by Crippen LogP contribution is 2.22. The second-order valence-electron chi connectivity index (χ2n) is 5.56. The van der Waals surface area contributed by atoms with Gasteiger partial charge >= 0.3 is 0 Å². The maximum atomic E-state index is 13.1. The van der Waals surface area contributed by atoms with Crippen LogP contribution in [0.3, 0.4) is 0 Å². The van der Waals surface area contributed by atoms with Gasteiger partial charge in [-0.15, -0.1) is 0 Å². The highest BCUT2D eigenvalue weighted by Gasteiger charge is 2.29. The molecule has 0 saturated heterocycles. The number of nitrogens with zero attached hydrogens (tertiary/aromatic N) is 1. The molecule has 130 valence electrons. The summed E-state index contributed by atoms with van der Waals surface area (Å²) in [7, 11) is -4.03. The minimum atomic E-state index is -4.03. The van der Waals surface area contributed by atoms with E-state index < -0.39 is 28.2 Å². The van der Waals surface area contributed by atoms with Gasteiger partial charge in [0, 0.05) is 18.5 Å². The average Bonchev–Trinajstić information content (AvgIpc) is 2.64. The molecule has 0 unspecified atom stereocenters. The summed E-state index contributed by atoms with van der Waals surface area (Å²) in [5, 5.41) is 2.62. The molecule has 0 spiro atoms. The summed E-state index contributed by atoms with van der Waals surface area (Å²) in [6, 6.07) is 10.8. The number of hydrogen-bond donors (Lipinski definition) is 1. The predicted molar refractivity (Wildman–Crippen MR) is 89.2 cm³/mol. The molecule has 8 heteroatoms. The van der Waals surface area contributed by atoms with Crippen LogP contribution in [-0.2, 0) is 14.8 Å². The summed E-state index contributed by atoms with van der Waals surface area (Å²) in [6.07, 6.45) is -0.0952. The molecule has 0 radical (unpaired) electrons. The van der Waals surface area contributed by atoms with Crippen molar-refractivity contribution in [2.24, 2.45) is 0 Å². The van der Waals surface area contributed by atoms with Crippen molar-refractivity contribution in [3.8, 4) is 0 Å². The van der Waals surface area contributed by atoms with E-state index in [1.54, 1.807) is 18.2 Å². The molecule has 0 aliphatic carbocycles. The van der Waals surface area contributed by atoms with Crippen molar-refractivity contribution in [3.63, 3.8) is 0 Å². The number of benzene rings is 2. The van der Waals surface area contributed by atoms with Crippen LogP contribution in [0.4, 0.5) is 10.1 Å². The molecule has 6 nitrogen and oxygen atoms in total. The van der Waals surface area contributed by atoms with Crippen molar-refractivity contribution >= 4 is 27.4 Å². The Balaban J connectivity index is 1.98. The number of carbonyl (C=O) groups is 2. The van der Waals surface area contributed by atoms with Crippen LogP contribution in [0, 0.1) is 5.82 Å². The third kappa shape index (κ3) is 3.59. The molecular formula is C17H15FN2O4S. The number of para-hydroxylation sites is 1. The van der Waals surface area contributed by atoms with Crippen LogP contribution in [0.2, 0.25) is 0 Å². The van der Waals surface area contributed by atoms with Crippen LogP contribution in [0.5, 0.6) is 0 Å². The zero-order valence-corrected chi connectivity index (χ0v) is 13.9. The number of Topliss-reactive ketones (excluding diaryl/α,β-unsaturated/α-hetero) is 1. The van der Waals surface area contributed by atoms with Gasteiger partial charge in [0.15, 0.2) is 5.78 Å². The molecule has 1 N–H and O–H groups in total. The Morgan fingerprint density at radius 3 is 2.40 bits per heavy atom. The molecule has 1 aliphatic heterocycles. The van der Waals surface area contributed by atoms with Crippen molar-refractivity contribution in [1.82, 2.24) is 4.31 Å². The molecule has 2 aromatic carbocycles. The summed E-state index contributed by atoms with van der Waals surface area (Å²) in [4.78, 5) is 24.4. The highest BCUT2D eigenvalue weighted by molar-refractivity contribution is 7.89. The van der Waals surface area contributed by atoms with E-state index in [-0.39, 0.29) is 29.3 Å². The van der Waals surface area contributed by atoms with Gasteiger partial charge < -0.3 is 5.32 Å². The Labute approximate surface area is 144 Å². The van der Waals surface area contributed by atoms with E-state index >= 15 is 0 Å². The summed E-state index contributed by atoms with van der Waals surface area (Å²) in [5.41, 5.74) is 0.607. The second kappa shape index (κ2) is 6.73. The van der Waals surface area contributed by atoms with Gasteiger partial charge in [-0.3, -0.25) is 9.59 Å². The molecule has 25 heavy (non-hydrogen) atoms. The quantitative estimate of drug-likeness (QED) is 0.886. The molecule has 1 heterocycles. The zero-order valence-electron chi connectivity index (χ0n) is 13.1. The van der Waals surface area contributed by atoms with E-state index in [1.807, 2.05) is 0 Å². The molecular weight excluding hydrogens is 347 g/mol. The SMILES string of the molecule is O=C1CCN(S(=O)(=O)c2ccc(F)cc2)CC(=O)c2ccccc2N1. The average molecular weight is 362 g/mol.